The minimum absolute atomic E-state index is 0.605. The molecule has 0 aliphatic heterocycles. The second-order valence-corrected chi connectivity index (χ2v) is 4.99. The zero-order chi connectivity index (χ0) is 13.7. The molecule has 3 nitrogen and oxygen atoms in total. The molecule has 2 rings (SSSR count). The van der Waals surface area contributed by atoms with E-state index in [1.165, 1.54) is 11.1 Å². The van der Waals surface area contributed by atoms with Gasteiger partial charge >= 0.3 is 0 Å². The highest BCUT2D eigenvalue weighted by Gasteiger charge is 2.11. The number of rotatable bonds is 7. The van der Waals surface area contributed by atoms with Crippen LogP contribution in [0, 0.1) is 6.92 Å². The van der Waals surface area contributed by atoms with E-state index in [2.05, 4.69) is 29.7 Å². The molecule has 0 bridgehead atoms. The number of para-hydroxylation sites is 1. The van der Waals surface area contributed by atoms with Crippen LogP contribution in [0.25, 0.3) is 11.0 Å². The first-order valence-corrected chi connectivity index (χ1v) is 7.39. The van der Waals surface area contributed by atoms with E-state index in [0.29, 0.717) is 5.88 Å². The molecule has 1 aromatic carbocycles. The Balaban J connectivity index is 2.28. The summed E-state index contributed by atoms with van der Waals surface area (Å²) in [6.45, 7) is 6.66. The fourth-order valence-corrected chi connectivity index (χ4v) is 2.57. The third kappa shape index (κ3) is 3.28. The van der Waals surface area contributed by atoms with Gasteiger partial charge in [-0.05, 0) is 31.9 Å². The zero-order valence-electron chi connectivity index (χ0n) is 11.7. The van der Waals surface area contributed by atoms with Gasteiger partial charge in [0, 0.05) is 32.1 Å². The third-order valence-electron chi connectivity index (χ3n) is 3.24. The molecule has 0 saturated heterocycles. The van der Waals surface area contributed by atoms with Crippen molar-refractivity contribution in [1.29, 1.82) is 0 Å². The van der Waals surface area contributed by atoms with Gasteiger partial charge in [-0.2, -0.15) is 0 Å². The van der Waals surface area contributed by atoms with Gasteiger partial charge in [0.05, 0.1) is 11.0 Å². The highest BCUT2D eigenvalue weighted by Crippen LogP contribution is 2.21. The Hall–Kier alpha value is -1.06. The van der Waals surface area contributed by atoms with Crippen molar-refractivity contribution in [2.24, 2.45) is 0 Å². The summed E-state index contributed by atoms with van der Waals surface area (Å²) < 4.78 is 7.71. The summed E-state index contributed by atoms with van der Waals surface area (Å²) in [5, 5.41) is 0. The summed E-state index contributed by atoms with van der Waals surface area (Å²) >= 11 is 5.88. The second-order valence-electron chi connectivity index (χ2n) is 4.61. The quantitative estimate of drug-likeness (QED) is 0.573. The highest BCUT2D eigenvalue weighted by atomic mass is 35.5. The summed E-state index contributed by atoms with van der Waals surface area (Å²) in [7, 11) is 0. The molecular formula is C15H21ClN2O. The summed E-state index contributed by atoms with van der Waals surface area (Å²) in [6, 6.07) is 6.26. The molecule has 4 heteroatoms. The number of hydrogen-bond acceptors (Lipinski definition) is 2. The molecule has 0 spiro atoms. The Labute approximate surface area is 119 Å². The molecule has 0 aliphatic carbocycles. The molecular weight excluding hydrogens is 260 g/mol. The monoisotopic (exact) mass is 280 g/mol. The molecule has 2 aromatic rings. The Morgan fingerprint density at radius 1 is 1.37 bits per heavy atom. The maximum Gasteiger partial charge on any atom is 0.111 e. The van der Waals surface area contributed by atoms with Gasteiger partial charge < -0.3 is 9.30 Å². The lowest BCUT2D eigenvalue weighted by atomic mass is 10.2. The molecule has 104 valence electrons. The fraction of sp³-hybridized carbons (Fsp3) is 0.533. The highest BCUT2D eigenvalue weighted by molar-refractivity contribution is 6.17. The molecule has 0 unspecified atom stereocenters. The van der Waals surface area contributed by atoms with Crippen LogP contribution in [0.1, 0.15) is 24.7 Å². The van der Waals surface area contributed by atoms with Crippen molar-refractivity contribution in [3.05, 3.63) is 29.6 Å². The normalized spacial score (nSPS) is 11.3. The first-order valence-electron chi connectivity index (χ1n) is 6.86. The van der Waals surface area contributed by atoms with Gasteiger partial charge in [0.2, 0.25) is 0 Å². The van der Waals surface area contributed by atoms with E-state index < -0.39 is 0 Å². The number of aromatic nitrogens is 2. The van der Waals surface area contributed by atoms with E-state index in [1.54, 1.807) is 0 Å². The van der Waals surface area contributed by atoms with Crippen molar-refractivity contribution >= 4 is 22.6 Å². The van der Waals surface area contributed by atoms with Gasteiger partial charge in [-0.3, -0.25) is 0 Å². The van der Waals surface area contributed by atoms with Crippen molar-refractivity contribution in [3.63, 3.8) is 0 Å². The number of hydrogen-bond donors (Lipinski definition) is 0. The average molecular weight is 281 g/mol. The molecule has 0 atom stereocenters. The number of aryl methyl sites for hydroxylation is 3. The largest absolute Gasteiger partial charge is 0.382 e. The van der Waals surface area contributed by atoms with E-state index in [9.17, 15) is 0 Å². The van der Waals surface area contributed by atoms with Crippen LogP contribution in [0.5, 0.6) is 0 Å². The summed E-state index contributed by atoms with van der Waals surface area (Å²) in [4.78, 5) is 4.70. The van der Waals surface area contributed by atoms with Crippen LogP contribution in [0.4, 0.5) is 0 Å². The number of benzene rings is 1. The van der Waals surface area contributed by atoms with Crippen LogP contribution in [0.15, 0.2) is 18.2 Å². The van der Waals surface area contributed by atoms with Crippen LogP contribution in [0.2, 0.25) is 0 Å². The Morgan fingerprint density at radius 3 is 2.95 bits per heavy atom. The average Bonchev–Trinajstić information content (AvgIpc) is 2.74. The lowest BCUT2D eigenvalue weighted by Gasteiger charge is -2.10. The molecule has 19 heavy (non-hydrogen) atoms. The Bertz CT molecular complexity index is 536. The predicted molar refractivity (Wildman–Crippen MR) is 80.0 cm³/mol. The minimum atomic E-state index is 0.605. The number of halogens is 1. The van der Waals surface area contributed by atoms with Gasteiger partial charge in [-0.1, -0.05) is 12.1 Å². The number of alkyl halides is 1. The van der Waals surface area contributed by atoms with Crippen LogP contribution < -0.4 is 0 Å². The van der Waals surface area contributed by atoms with Crippen molar-refractivity contribution in [2.45, 2.75) is 33.2 Å². The third-order valence-corrected chi connectivity index (χ3v) is 3.43. The maximum atomic E-state index is 5.88. The SMILES string of the molecule is CCOCCCn1c(CCCl)nc2cccc(C)c21. The van der Waals surface area contributed by atoms with Crippen LogP contribution >= 0.6 is 11.6 Å². The lowest BCUT2D eigenvalue weighted by molar-refractivity contribution is 0.141. The number of imidazole rings is 1. The van der Waals surface area contributed by atoms with Crippen molar-refractivity contribution < 1.29 is 4.74 Å². The van der Waals surface area contributed by atoms with E-state index >= 15 is 0 Å². The molecule has 0 radical (unpaired) electrons. The summed E-state index contributed by atoms with van der Waals surface area (Å²) in [6.07, 6.45) is 1.81. The van der Waals surface area contributed by atoms with Crippen molar-refractivity contribution in [3.8, 4) is 0 Å². The standard InChI is InChI=1S/C15H21ClN2O/c1-3-19-11-5-10-18-14(8-9-16)17-13-7-4-6-12(2)15(13)18/h4,6-7H,3,5,8-11H2,1-2H3. The molecule has 0 N–H and O–H groups in total. The van der Waals surface area contributed by atoms with Gasteiger partial charge in [-0.15, -0.1) is 11.6 Å². The van der Waals surface area contributed by atoms with E-state index in [4.69, 9.17) is 21.3 Å². The summed E-state index contributed by atoms with van der Waals surface area (Å²) in [5.74, 6) is 1.68. The van der Waals surface area contributed by atoms with Crippen molar-refractivity contribution in [1.82, 2.24) is 9.55 Å². The molecule has 0 saturated carbocycles. The van der Waals surface area contributed by atoms with E-state index in [-0.39, 0.29) is 0 Å². The minimum Gasteiger partial charge on any atom is -0.382 e. The van der Waals surface area contributed by atoms with Gasteiger partial charge in [0.1, 0.15) is 5.82 Å². The van der Waals surface area contributed by atoms with E-state index in [0.717, 1.165) is 43.9 Å². The van der Waals surface area contributed by atoms with E-state index in [1.807, 2.05) is 6.92 Å². The smallest absolute Gasteiger partial charge is 0.111 e. The number of fused-ring (bicyclic) bond motifs is 1. The van der Waals surface area contributed by atoms with Gasteiger partial charge in [0.15, 0.2) is 0 Å². The summed E-state index contributed by atoms with van der Waals surface area (Å²) in [5.41, 5.74) is 3.57. The Morgan fingerprint density at radius 2 is 2.21 bits per heavy atom. The molecule has 1 aromatic heterocycles. The van der Waals surface area contributed by atoms with Gasteiger partial charge in [0.25, 0.3) is 0 Å². The van der Waals surface area contributed by atoms with Crippen molar-refractivity contribution in [2.75, 3.05) is 19.1 Å². The topological polar surface area (TPSA) is 27.1 Å². The first kappa shape index (κ1) is 14.4. The zero-order valence-corrected chi connectivity index (χ0v) is 12.4. The maximum absolute atomic E-state index is 5.88. The Kier molecular flexibility index (Phi) is 5.23. The van der Waals surface area contributed by atoms with Crippen LogP contribution in [-0.2, 0) is 17.7 Å². The molecule has 1 heterocycles. The number of ether oxygens (including phenoxy) is 1. The van der Waals surface area contributed by atoms with Gasteiger partial charge in [-0.25, -0.2) is 4.98 Å². The second kappa shape index (κ2) is 6.92. The fourth-order valence-electron chi connectivity index (χ4n) is 2.40. The van der Waals surface area contributed by atoms with Crippen LogP contribution in [0.3, 0.4) is 0 Å². The molecule has 0 aliphatic rings. The van der Waals surface area contributed by atoms with Crippen LogP contribution in [-0.4, -0.2) is 28.6 Å². The number of nitrogens with zero attached hydrogens (tertiary/aromatic N) is 2. The lowest BCUT2D eigenvalue weighted by Crippen LogP contribution is -2.08. The molecule has 0 amide bonds. The predicted octanol–water partition coefficient (Wildman–Crippen LogP) is 3.55. The first-order chi connectivity index (χ1) is 9.27. The molecule has 0 fully saturated rings.